The lowest BCUT2D eigenvalue weighted by atomic mass is 10.1. The van der Waals surface area contributed by atoms with E-state index in [1.165, 1.54) is 11.8 Å². The molecule has 150 valence electrons. The third-order valence-corrected chi connectivity index (χ3v) is 6.25. The fraction of sp³-hybridized carbons (Fsp3) is 0.318. The molecule has 4 rings (SSSR count). The van der Waals surface area contributed by atoms with Crippen molar-refractivity contribution < 1.29 is 9.53 Å². The molecule has 0 saturated carbocycles. The quantitative estimate of drug-likeness (QED) is 0.479. The third kappa shape index (κ3) is 4.06. The average Bonchev–Trinajstić information content (AvgIpc) is 2.78. The second kappa shape index (κ2) is 8.80. The maximum Gasteiger partial charge on any atom is 0.262 e. The van der Waals surface area contributed by atoms with E-state index < -0.39 is 5.25 Å². The van der Waals surface area contributed by atoms with Crippen molar-refractivity contribution in [1.29, 1.82) is 0 Å². The van der Waals surface area contributed by atoms with Gasteiger partial charge in [-0.1, -0.05) is 54.2 Å². The summed E-state index contributed by atoms with van der Waals surface area (Å²) in [7, 11) is 0. The summed E-state index contributed by atoms with van der Waals surface area (Å²) in [6, 6.07) is 17.0. The maximum atomic E-state index is 13.4. The van der Waals surface area contributed by atoms with Gasteiger partial charge in [-0.3, -0.25) is 14.2 Å². The van der Waals surface area contributed by atoms with Crippen molar-refractivity contribution >= 4 is 28.6 Å². The molecule has 2 aromatic carbocycles. The largest absolute Gasteiger partial charge is 0.378 e. The number of hydrogen-bond donors (Lipinski definition) is 0. The van der Waals surface area contributed by atoms with Gasteiger partial charge >= 0.3 is 0 Å². The zero-order chi connectivity index (χ0) is 20.2. The van der Waals surface area contributed by atoms with Crippen LogP contribution in [0.2, 0.25) is 0 Å². The lowest BCUT2D eigenvalue weighted by Crippen LogP contribution is -2.42. The Labute approximate surface area is 173 Å². The van der Waals surface area contributed by atoms with Crippen molar-refractivity contribution in [3.63, 3.8) is 0 Å². The Morgan fingerprint density at radius 2 is 1.79 bits per heavy atom. The minimum absolute atomic E-state index is 0.0227. The summed E-state index contributed by atoms with van der Waals surface area (Å²) in [5.41, 5.74) is 1.47. The van der Waals surface area contributed by atoms with E-state index in [2.05, 4.69) is 0 Å². The molecule has 3 aromatic rings. The zero-order valence-electron chi connectivity index (χ0n) is 16.3. The molecule has 1 aliphatic heterocycles. The summed E-state index contributed by atoms with van der Waals surface area (Å²) in [5, 5.41) is 0.682. The molecule has 0 aliphatic carbocycles. The van der Waals surface area contributed by atoms with Crippen LogP contribution in [0, 0.1) is 0 Å². The first-order valence-corrected chi connectivity index (χ1v) is 10.6. The van der Waals surface area contributed by atoms with Gasteiger partial charge in [0.25, 0.3) is 5.56 Å². The minimum atomic E-state index is -0.472. The first-order valence-electron chi connectivity index (χ1n) is 9.76. The lowest BCUT2D eigenvalue weighted by Gasteiger charge is -2.30. The van der Waals surface area contributed by atoms with Crippen molar-refractivity contribution in [3.05, 3.63) is 70.5 Å². The molecule has 1 amide bonds. The van der Waals surface area contributed by atoms with Crippen LogP contribution in [0.15, 0.2) is 64.5 Å². The standard InChI is InChI=1S/C22H23N3O3S/c1-2-25-20(26)17-10-6-7-11-18(17)23-22(25)29-19(16-8-4-3-5-9-16)21(27)24-12-14-28-15-13-24/h3-11,19H,2,12-15H2,1H3/t19-/m0/s1. The summed E-state index contributed by atoms with van der Waals surface area (Å²) in [6.07, 6.45) is 0. The number of aromatic nitrogens is 2. The Morgan fingerprint density at radius 3 is 2.52 bits per heavy atom. The van der Waals surface area contributed by atoms with E-state index >= 15 is 0 Å². The number of thioether (sulfide) groups is 1. The van der Waals surface area contributed by atoms with Gasteiger partial charge in [-0.05, 0) is 24.6 Å². The highest BCUT2D eigenvalue weighted by Gasteiger charge is 2.29. The van der Waals surface area contributed by atoms with Gasteiger partial charge in [-0.2, -0.15) is 0 Å². The van der Waals surface area contributed by atoms with Crippen LogP contribution < -0.4 is 5.56 Å². The Balaban J connectivity index is 1.76. The summed E-state index contributed by atoms with van der Waals surface area (Å²) in [5.74, 6) is 0.0227. The molecular formula is C22H23N3O3S. The molecule has 1 atom stereocenters. The molecule has 29 heavy (non-hydrogen) atoms. The van der Waals surface area contributed by atoms with Gasteiger partial charge < -0.3 is 9.64 Å². The molecule has 1 aromatic heterocycles. The molecule has 1 saturated heterocycles. The summed E-state index contributed by atoms with van der Waals surface area (Å²) in [4.78, 5) is 32.9. The van der Waals surface area contributed by atoms with E-state index in [0.29, 0.717) is 48.9 Å². The van der Waals surface area contributed by atoms with E-state index in [4.69, 9.17) is 9.72 Å². The maximum absolute atomic E-state index is 13.4. The summed E-state index contributed by atoms with van der Waals surface area (Å²) in [6.45, 7) is 4.66. The van der Waals surface area contributed by atoms with Gasteiger partial charge in [0.05, 0.1) is 24.1 Å². The van der Waals surface area contributed by atoms with Crippen molar-refractivity contribution in [2.24, 2.45) is 0 Å². The Bertz CT molecular complexity index is 1060. The number of morpholine rings is 1. The fourth-order valence-corrected chi connectivity index (χ4v) is 4.70. The van der Waals surface area contributed by atoms with E-state index in [-0.39, 0.29) is 11.5 Å². The van der Waals surface area contributed by atoms with Gasteiger partial charge in [0.1, 0.15) is 5.25 Å². The minimum Gasteiger partial charge on any atom is -0.378 e. The normalized spacial score (nSPS) is 15.4. The van der Waals surface area contributed by atoms with E-state index in [1.54, 1.807) is 10.6 Å². The van der Waals surface area contributed by atoms with Gasteiger partial charge in [0.2, 0.25) is 5.91 Å². The van der Waals surface area contributed by atoms with E-state index in [9.17, 15) is 9.59 Å². The monoisotopic (exact) mass is 409 g/mol. The number of ether oxygens (including phenoxy) is 1. The Kier molecular flexibility index (Phi) is 5.97. The first kappa shape index (κ1) is 19.7. The molecule has 1 aliphatic rings. The lowest BCUT2D eigenvalue weighted by molar-refractivity contribution is -0.134. The second-order valence-electron chi connectivity index (χ2n) is 6.81. The van der Waals surface area contributed by atoms with Gasteiger partial charge in [-0.15, -0.1) is 0 Å². The highest BCUT2D eigenvalue weighted by Crippen LogP contribution is 2.36. The van der Waals surface area contributed by atoms with Crippen LogP contribution in [0.4, 0.5) is 0 Å². The molecule has 0 radical (unpaired) electrons. The average molecular weight is 410 g/mol. The van der Waals surface area contributed by atoms with Crippen LogP contribution in [0.25, 0.3) is 10.9 Å². The summed E-state index contributed by atoms with van der Waals surface area (Å²) >= 11 is 1.34. The molecule has 7 heteroatoms. The summed E-state index contributed by atoms with van der Waals surface area (Å²) < 4.78 is 7.04. The number of carbonyl (C=O) groups excluding carboxylic acids is 1. The van der Waals surface area contributed by atoms with Gasteiger partial charge in [0, 0.05) is 19.6 Å². The van der Waals surface area contributed by atoms with Crippen LogP contribution in [-0.4, -0.2) is 46.7 Å². The predicted molar refractivity (Wildman–Crippen MR) is 114 cm³/mol. The Morgan fingerprint density at radius 1 is 1.10 bits per heavy atom. The van der Waals surface area contributed by atoms with Crippen LogP contribution in [0.1, 0.15) is 17.7 Å². The number of amides is 1. The molecular weight excluding hydrogens is 386 g/mol. The van der Waals surface area contributed by atoms with Crippen LogP contribution in [0.5, 0.6) is 0 Å². The van der Waals surface area contributed by atoms with Gasteiger partial charge in [0.15, 0.2) is 5.16 Å². The first-order chi connectivity index (χ1) is 14.2. The molecule has 6 nitrogen and oxygen atoms in total. The number of nitrogens with zero attached hydrogens (tertiary/aromatic N) is 3. The fourth-order valence-electron chi connectivity index (χ4n) is 3.46. The molecule has 1 fully saturated rings. The number of carbonyl (C=O) groups is 1. The molecule has 0 bridgehead atoms. The third-order valence-electron chi connectivity index (χ3n) is 5.02. The number of rotatable bonds is 5. The number of para-hydroxylation sites is 1. The van der Waals surface area contributed by atoms with Gasteiger partial charge in [-0.25, -0.2) is 4.98 Å². The highest BCUT2D eigenvalue weighted by molar-refractivity contribution is 8.00. The number of benzene rings is 2. The smallest absolute Gasteiger partial charge is 0.262 e. The van der Waals surface area contributed by atoms with E-state index in [0.717, 1.165) is 5.56 Å². The van der Waals surface area contributed by atoms with E-state index in [1.807, 2.05) is 60.4 Å². The van der Waals surface area contributed by atoms with Crippen molar-refractivity contribution in [1.82, 2.24) is 14.5 Å². The molecule has 0 N–H and O–H groups in total. The molecule has 0 unspecified atom stereocenters. The number of hydrogen-bond acceptors (Lipinski definition) is 5. The molecule has 0 spiro atoms. The van der Waals surface area contributed by atoms with Crippen molar-refractivity contribution in [2.45, 2.75) is 23.9 Å². The van der Waals surface area contributed by atoms with Crippen molar-refractivity contribution in [3.8, 4) is 0 Å². The topological polar surface area (TPSA) is 64.4 Å². The van der Waals surface area contributed by atoms with Crippen LogP contribution >= 0.6 is 11.8 Å². The second-order valence-corrected chi connectivity index (χ2v) is 7.88. The SMILES string of the molecule is CCn1c(S[C@H](C(=O)N2CCOCC2)c2ccccc2)nc2ccccc2c1=O. The van der Waals surface area contributed by atoms with Crippen LogP contribution in [0.3, 0.4) is 0 Å². The predicted octanol–water partition coefficient (Wildman–Crippen LogP) is 3.11. The zero-order valence-corrected chi connectivity index (χ0v) is 17.1. The Hall–Kier alpha value is -2.64. The molecule has 2 heterocycles. The van der Waals surface area contributed by atoms with Crippen LogP contribution in [-0.2, 0) is 16.1 Å². The number of fused-ring (bicyclic) bond motifs is 1. The highest BCUT2D eigenvalue weighted by atomic mass is 32.2. The van der Waals surface area contributed by atoms with Crippen molar-refractivity contribution in [2.75, 3.05) is 26.3 Å².